The van der Waals surface area contributed by atoms with Gasteiger partial charge in [-0.3, -0.25) is 24.0 Å². The van der Waals surface area contributed by atoms with Gasteiger partial charge in [-0.2, -0.15) is 0 Å². The molecule has 3 aromatic rings. The monoisotopic (exact) mass is 574 g/mol. The van der Waals surface area contributed by atoms with Gasteiger partial charge in [-0.15, -0.1) is 0 Å². The minimum absolute atomic E-state index is 0.0580. The van der Waals surface area contributed by atoms with Gasteiger partial charge in [0.2, 0.25) is 5.91 Å². The summed E-state index contributed by atoms with van der Waals surface area (Å²) in [4.78, 5) is 36.2. The Morgan fingerprint density at radius 1 is 1.10 bits per heavy atom. The first-order valence-corrected chi connectivity index (χ1v) is 13.6. The van der Waals surface area contributed by atoms with E-state index in [1.165, 1.54) is 56.5 Å². The number of benzene rings is 3. The number of hydrogen-bond donors (Lipinski definition) is 2. The Hall–Kier alpha value is -4.16. The van der Waals surface area contributed by atoms with Gasteiger partial charge in [0.25, 0.3) is 21.6 Å². The zero-order chi connectivity index (χ0) is 28.7. The van der Waals surface area contributed by atoms with Crippen LogP contribution in [-0.2, 0) is 14.8 Å². The zero-order valence-corrected chi connectivity index (χ0v) is 23.0. The molecule has 3 rings (SSSR count). The van der Waals surface area contributed by atoms with Crippen LogP contribution in [0, 0.1) is 17.0 Å². The van der Waals surface area contributed by atoms with Crippen molar-refractivity contribution in [2.75, 3.05) is 29.8 Å². The minimum Gasteiger partial charge on any atom is -0.495 e. The molecular weight excluding hydrogens is 548 g/mol. The topological polar surface area (TPSA) is 148 Å². The van der Waals surface area contributed by atoms with Crippen molar-refractivity contribution in [1.82, 2.24) is 5.32 Å². The number of carbonyl (C=O) groups is 2. The molecule has 3 aromatic carbocycles. The molecule has 0 aliphatic heterocycles. The van der Waals surface area contributed by atoms with Crippen molar-refractivity contribution >= 4 is 50.5 Å². The number of amides is 2. The SMILES string of the molecule is CCCNC(=O)c1ccccc1NC(=O)CN(c1cc(Cl)ccc1OC)S(=O)(=O)c1ccc(C)c([N+](=O)[O-])c1. The second-order valence-electron chi connectivity index (χ2n) is 8.38. The van der Waals surface area contributed by atoms with Crippen molar-refractivity contribution in [1.29, 1.82) is 0 Å². The van der Waals surface area contributed by atoms with Gasteiger partial charge in [0.05, 0.1) is 33.9 Å². The van der Waals surface area contributed by atoms with Gasteiger partial charge in [0, 0.05) is 23.2 Å². The summed E-state index contributed by atoms with van der Waals surface area (Å²) in [6.45, 7) is 3.06. The number of rotatable bonds is 11. The lowest BCUT2D eigenvalue weighted by Crippen LogP contribution is -2.38. The number of nitro groups is 1. The van der Waals surface area contributed by atoms with E-state index in [1.807, 2.05) is 6.92 Å². The van der Waals surface area contributed by atoms with Crippen LogP contribution in [0.2, 0.25) is 5.02 Å². The van der Waals surface area contributed by atoms with Gasteiger partial charge in [-0.05, 0) is 49.7 Å². The van der Waals surface area contributed by atoms with E-state index in [0.717, 1.165) is 10.4 Å². The number of methoxy groups -OCH3 is 1. The van der Waals surface area contributed by atoms with Crippen molar-refractivity contribution in [3.8, 4) is 5.75 Å². The lowest BCUT2D eigenvalue weighted by Gasteiger charge is -2.26. The van der Waals surface area contributed by atoms with Gasteiger partial charge in [0.1, 0.15) is 12.3 Å². The van der Waals surface area contributed by atoms with Gasteiger partial charge >= 0.3 is 0 Å². The van der Waals surface area contributed by atoms with Gasteiger partial charge in [-0.1, -0.05) is 36.7 Å². The van der Waals surface area contributed by atoms with Crippen LogP contribution in [0.15, 0.2) is 65.6 Å². The second-order valence-corrected chi connectivity index (χ2v) is 10.7. The molecule has 0 saturated carbocycles. The van der Waals surface area contributed by atoms with E-state index in [-0.39, 0.29) is 33.3 Å². The summed E-state index contributed by atoms with van der Waals surface area (Å²) in [5.41, 5.74) is 0.185. The highest BCUT2D eigenvalue weighted by Crippen LogP contribution is 2.36. The standard InChI is InChI=1S/C26H27ClN4O7S/c1-4-13-28-26(33)20-7-5-6-8-21(20)29-25(32)16-30(23-14-18(27)10-12-24(23)38-3)39(36,37)19-11-9-17(2)22(15-19)31(34)35/h5-12,14-15H,4,13,16H2,1-3H3,(H,28,33)(H,29,32). The Morgan fingerprint density at radius 3 is 2.49 bits per heavy atom. The highest BCUT2D eigenvalue weighted by Gasteiger charge is 2.31. The van der Waals surface area contributed by atoms with E-state index in [4.69, 9.17) is 16.3 Å². The van der Waals surface area contributed by atoms with Crippen LogP contribution in [0.3, 0.4) is 0 Å². The maximum Gasteiger partial charge on any atom is 0.273 e. The smallest absolute Gasteiger partial charge is 0.273 e. The molecule has 11 nitrogen and oxygen atoms in total. The third-order valence-corrected chi connectivity index (χ3v) is 7.63. The van der Waals surface area contributed by atoms with Crippen molar-refractivity contribution in [2.24, 2.45) is 0 Å². The number of ether oxygens (including phenoxy) is 1. The van der Waals surface area contributed by atoms with E-state index >= 15 is 0 Å². The third kappa shape index (κ3) is 6.84. The maximum atomic E-state index is 13.8. The molecule has 0 unspecified atom stereocenters. The molecular formula is C26H27ClN4O7S. The molecule has 0 spiro atoms. The number of carbonyl (C=O) groups excluding carboxylic acids is 2. The lowest BCUT2D eigenvalue weighted by atomic mass is 10.1. The number of aryl methyl sites for hydroxylation is 1. The Balaban J connectivity index is 2.06. The predicted octanol–water partition coefficient (Wildman–Crippen LogP) is 4.54. The Labute approximate surface area is 230 Å². The number of anilines is 2. The Bertz CT molecular complexity index is 1510. The van der Waals surface area contributed by atoms with Crippen LogP contribution in [0.5, 0.6) is 5.75 Å². The molecule has 0 radical (unpaired) electrons. The maximum absolute atomic E-state index is 13.8. The number of para-hydroxylation sites is 1. The average Bonchev–Trinajstić information content (AvgIpc) is 2.90. The highest BCUT2D eigenvalue weighted by atomic mass is 35.5. The van der Waals surface area contributed by atoms with Gasteiger partial charge < -0.3 is 15.4 Å². The number of nitrogens with one attached hydrogen (secondary N) is 2. The molecule has 0 aliphatic rings. The minimum atomic E-state index is -4.55. The molecule has 0 heterocycles. The lowest BCUT2D eigenvalue weighted by molar-refractivity contribution is -0.385. The van der Waals surface area contributed by atoms with Gasteiger partial charge in [0.15, 0.2) is 0 Å². The van der Waals surface area contributed by atoms with E-state index < -0.39 is 43.9 Å². The highest BCUT2D eigenvalue weighted by molar-refractivity contribution is 7.92. The Morgan fingerprint density at radius 2 is 1.82 bits per heavy atom. The molecule has 0 fully saturated rings. The van der Waals surface area contributed by atoms with Crippen molar-refractivity contribution in [2.45, 2.75) is 25.2 Å². The summed E-state index contributed by atoms with van der Waals surface area (Å²) in [6.07, 6.45) is 0.714. The van der Waals surface area contributed by atoms with E-state index in [2.05, 4.69) is 10.6 Å². The number of sulfonamides is 1. The molecule has 0 saturated heterocycles. The molecule has 13 heteroatoms. The summed E-state index contributed by atoms with van der Waals surface area (Å²) >= 11 is 6.15. The van der Waals surface area contributed by atoms with Crippen LogP contribution in [0.25, 0.3) is 0 Å². The molecule has 0 atom stereocenters. The molecule has 2 N–H and O–H groups in total. The van der Waals surface area contributed by atoms with E-state index in [0.29, 0.717) is 13.0 Å². The molecule has 39 heavy (non-hydrogen) atoms. The molecule has 0 aliphatic carbocycles. The fourth-order valence-corrected chi connectivity index (χ4v) is 5.29. The third-order valence-electron chi connectivity index (χ3n) is 5.64. The molecule has 2 amide bonds. The predicted molar refractivity (Wildman–Crippen MR) is 148 cm³/mol. The molecule has 206 valence electrons. The van der Waals surface area contributed by atoms with E-state index in [9.17, 15) is 28.1 Å². The van der Waals surface area contributed by atoms with Crippen LogP contribution in [0.4, 0.5) is 17.1 Å². The van der Waals surface area contributed by atoms with Crippen LogP contribution < -0.4 is 19.7 Å². The summed E-state index contributed by atoms with van der Waals surface area (Å²) in [6, 6.07) is 14.0. The fraction of sp³-hybridized carbons (Fsp3) is 0.231. The first-order chi connectivity index (χ1) is 18.5. The first kappa shape index (κ1) is 29.4. The van der Waals surface area contributed by atoms with E-state index in [1.54, 1.807) is 12.1 Å². The number of nitro benzene ring substituents is 1. The summed E-state index contributed by atoms with van der Waals surface area (Å²) < 4.78 is 33.8. The number of hydrogen-bond acceptors (Lipinski definition) is 7. The quantitative estimate of drug-likeness (QED) is 0.252. The average molecular weight is 575 g/mol. The summed E-state index contributed by atoms with van der Waals surface area (Å²) in [7, 11) is -3.23. The van der Waals surface area contributed by atoms with Crippen LogP contribution >= 0.6 is 11.6 Å². The van der Waals surface area contributed by atoms with Crippen LogP contribution in [0.1, 0.15) is 29.3 Å². The zero-order valence-electron chi connectivity index (χ0n) is 21.4. The number of nitrogens with zero attached hydrogens (tertiary/aromatic N) is 2. The summed E-state index contributed by atoms with van der Waals surface area (Å²) in [5, 5.41) is 17.0. The fourth-order valence-electron chi connectivity index (χ4n) is 3.68. The number of halogens is 1. The van der Waals surface area contributed by atoms with Crippen LogP contribution in [-0.4, -0.2) is 45.4 Å². The van der Waals surface area contributed by atoms with Crippen molar-refractivity contribution in [3.63, 3.8) is 0 Å². The second kappa shape index (κ2) is 12.6. The first-order valence-electron chi connectivity index (χ1n) is 11.8. The molecule has 0 bridgehead atoms. The van der Waals surface area contributed by atoms with Crippen molar-refractivity contribution in [3.05, 3.63) is 86.9 Å². The largest absolute Gasteiger partial charge is 0.495 e. The Kier molecular flexibility index (Phi) is 9.49. The van der Waals surface area contributed by atoms with Crippen molar-refractivity contribution < 1.29 is 27.7 Å². The van der Waals surface area contributed by atoms with Gasteiger partial charge in [-0.25, -0.2) is 8.42 Å². The normalized spacial score (nSPS) is 11.0. The summed E-state index contributed by atoms with van der Waals surface area (Å²) in [5.74, 6) is -1.09. The molecule has 0 aromatic heterocycles.